The first-order chi connectivity index (χ1) is 7.65. The van der Waals surface area contributed by atoms with Gasteiger partial charge in [0.25, 0.3) is 0 Å². The molecule has 0 amide bonds. The van der Waals surface area contributed by atoms with E-state index >= 15 is 0 Å². The fourth-order valence-corrected chi connectivity index (χ4v) is 1.27. The van der Waals surface area contributed by atoms with Crippen LogP contribution in [0.1, 0.15) is 30.9 Å². The Labute approximate surface area is 96.9 Å². The predicted molar refractivity (Wildman–Crippen MR) is 66.1 cm³/mol. The maximum absolute atomic E-state index is 11.6. The van der Waals surface area contributed by atoms with Crippen molar-refractivity contribution in [3.8, 4) is 0 Å². The summed E-state index contributed by atoms with van der Waals surface area (Å²) in [5.74, 6) is -0.322. The van der Waals surface area contributed by atoms with E-state index in [-0.39, 0.29) is 5.97 Å². The van der Waals surface area contributed by atoms with Crippen LogP contribution >= 0.6 is 0 Å². The second-order valence-corrected chi connectivity index (χ2v) is 3.83. The number of carbonyl (C=O) groups excluding carboxylic acids is 1. The number of unbranched alkanes of at least 4 members (excludes halogenated alkanes) is 1. The molecule has 0 aliphatic carbocycles. The molecule has 0 aromatic heterocycles. The van der Waals surface area contributed by atoms with Gasteiger partial charge in [-0.25, -0.2) is 4.79 Å². The number of rotatable bonds is 5. The van der Waals surface area contributed by atoms with Crippen LogP contribution in [-0.4, -0.2) is 12.6 Å². The standard InChI is InChI=1S/C14H18O2/c1-4-5-10-16-14(15)12(3)13-8-6-11(2)7-9-13/h6-9H,3-5,10H2,1-2H3. The van der Waals surface area contributed by atoms with E-state index in [4.69, 9.17) is 4.74 Å². The van der Waals surface area contributed by atoms with Crippen molar-refractivity contribution in [1.29, 1.82) is 0 Å². The fraction of sp³-hybridized carbons (Fsp3) is 0.357. The van der Waals surface area contributed by atoms with Crippen molar-refractivity contribution in [2.75, 3.05) is 6.61 Å². The van der Waals surface area contributed by atoms with Gasteiger partial charge in [0.15, 0.2) is 0 Å². The van der Waals surface area contributed by atoms with Gasteiger partial charge in [0.2, 0.25) is 0 Å². The molecule has 16 heavy (non-hydrogen) atoms. The average molecular weight is 218 g/mol. The number of aryl methyl sites for hydroxylation is 1. The molecule has 1 aromatic rings. The van der Waals surface area contributed by atoms with Gasteiger partial charge in [-0.1, -0.05) is 49.8 Å². The molecule has 2 heteroatoms. The molecule has 1 aromatic carbocycles. The Balaban J connectivity index is 2.57. The lowest BCUT2D eigenvalue weighted by molar-refractivity contribution is -0.136. The molecule has 0 spiro atoms. The maximum Gasteiger partial charge on any atom is 0.338 e. The van der Waals surface area contributed by atoms with E-state index in [9.17, 15) is 4.79 Å². The largest absolute Gasteiger partial charge is 0.462 e. The van der Waals surface area contributed by atoms with Gasteiger partial charge in [-0.2, -0.15) is 0 Å². The van der Waals surface area contributed by atoms with E-state index in [0.717, 1.165) is 24.0 Å². The normalized spacial score (nSPS) is 9.88. The zero-order valence-electron chi connectivity index (χ0n) is 9.95. The van der Waals surface area contributed by atoms with Gasteiger partial charge in [0.05, 0.1) is 12.2 Å². The third-order valence-electron chi connectivity index (χ3n) is 2.38. The minimum atomic E-state index is -0.322. The lowest BCUT2D eigenvalue weighted by Crippen LogP contribution is -2.07. The molecular formula is C14H18O2. The van der Waals surface area contributed by atoms with Crippen molar-refractivity contribution in [1.82, 2.24) is 0 Å². The summed E-state index contributed by atoms with van der Waals surface area (Å²) in [4.78, 5) is 11.6. The molecule has 0 radical (unpaired) electrons. The van der Waals surface area contributed by atoms with E-state index in [2.05, 4.69) is 13.5 Å². The highest BCUT2D eigenvalue weighted by molar-refractivity contribution is 6.15. The molecule has 0 atom stereocenters. The Bertz CT molecular complexity index is 363. The van der Waals surface area contributed by atoms with Gasteiger partial charge >= 0.3 is 5.97 Å². The SMILES string of the molecule is C=C(C(=O)OCCCC)c1ccc(C)cc1. The van der Waals surface area contributed by atoms with Gasteiger partial charge in [-0.3, -0.25) is 0 Å². The van der Waals surface area contributed by atoms with Crippen LogP contribution in [0.5, 0.6) is 0 Å². The first-order valence-electron chi connectivity index (χ1n) is 5.58. The van der Waals surface area contributed by atoms with E-state index in [1.54, 1.807) is 0 Å². The molecule has 0 saturated carbocycles. The summed E-state index contributed by atoms with van der Waals surface area (Å²) in [5.41, 5.74) is 2.42. The van der Waals surface area contributed by atoms with Crippen LogP contribution in [0.4, 0.5) is 0 Å². The molecule has 0 heterocycles. The van der Waals surface area contributed by atoms with Crippen molar-refractivity contribution in [2.24, 2.45) is 0 Å². The summed E-state index contributed by atoms with van der Waals surface area (Å²) in [6, 6.07) is 7.69. The molecular weight excluding hydrogens is 200 g/mol. The lowest BCUT2D eigenvalue weighted by Gasteiger charge is -2.06. The highest BCUT2D eigenvalue weighted by Gasteiger charge is 2.09. The van der Waals surface area contributed by atoms with Crippen molar-refractivity contribution >= 4 is 11.5 Å². The first kappa shape index (κ1) is 12.5. The molecule has 0 unspecified atom stereocenters. The van der Waals surface area contributed by atoms with Gasteiger partial charge in [0.1, 0.15) is 0 Å². The summed E-state index contributed by atoms with van der Waals surface area (Å²) in [6.07, 6.45) is 1.91. The molecule has 0 N–H and O–H groups in total. The topological polar surface area (TPSA) is 26.3 Å². The van der Waals surface area contributed by atoms with Gasteiger partial charge in [-0.05, 0) is 18.9 Å². The molecule has 0 saturated heterocycles. The fourth-order valence-electron chi connectivity index (χ4n) is 1.27. The Morgan fingerprint density at radius 2 is 1.94 bits per heavy atom. The van der Waals surface area contributed by atoms with E-state index in [0.29, 0.717) is 12.2 Å². The van der Waals surface area contributed by atoms with Crippen LogP contribution in [0.2, 0.25) is 0 Å². The number of benzene rings is 1. The Morgan fingerprint density at radius 3 is 2.50 bits per heavy atom. The highest BCUT2D eigenvalue weighted by Crippen LogP contribution is 2.14. The number of ether oxygens (including phenoxy) is 1. The minimum absolute atomic E-state index is 0.322. The number of hydrogen-bond donors (Lipinski definition) is 0. The summed E-state index contributed by atoms with van der Waals surface area (Å²) >= 11 is 0. The van der Waals surface area contributed by atoms with E-state index in [1.807, 2.05) is 31.2 Å². The predicted octanol–water partition coefficient (Wildman–Crippen LogP) is 3.35. The van der Waals surface area contributed by atoms with Crippen LogP contribution in [0.15, 0.2) is 30.8 Å². The van der Waals surface area contributed by atoms with Crippen molar-refractivity contribution in [3.05, 3.63) is 42.0 Å². The lowest BCUT2D eigenvalue weighted by atomic mass is 10.1. The Hall–Kier alpha value is -1.57. The molecule has 86 valence electrons. The van der Waals surface area contributed by atoms with E-state index in [1.165, 1.54) is 0 Å². The zero-order chi connectivity index (χ0) is 12.0. The number of carbonyl (C=O) groups is 1. The summed E-state index contributed by atoms with van der Waals surface area (Å²) < 4.78 is 5.09. The monoisotopic (exact) mass is 218 g/mol. The van der Waals surface area contributed by atoms with Crippen molar-refractivity contribution < 1.29 is 9.53 Å². The summed E-state index contributed by atoms with van der Waals surface area (Å²) in [7, 11) is 0. The molecule has 2 nitrogen and oxygen atoms in total. The van der Waals surface area contributed by atoms with Gasteiger partial charge < -0.3 is 4.74 Å². The second kappa shape index (κ2) is 6.11. The van der Waals surface area contributed by atoms with Crippen molar-refractivity contribution in [2.45, 2.75) is 26.7 Å². The Kier molecular flexibility index (Phi) is 4.77. The van der Waals surface area contributed by atoms with Crippen LogP contribution < -0.4 is 0 Å². The maximum atomic E-state index is 11.6. The average Bonchev–Trinajstić information content (AvgIpc) is 2.29. The summed E-state index contributed by atoms with van der Waals surface area (Å²) in [6.45, 7) is 8.30. The molecule has 0 aliphatic rings. The van der Waals surface area contributed by atoms with Crippen LogP contribution in [0.25, 0.3) is 5.57 Å². The van der Waals surface area contributed by atoms with Crippen LogP contribution in [-0.2, 0) is 9.53 Å². The van der Waals surface area contributed by atoms with Crippen LogP contribution in [0.3, 0.4) is 0 Å². The second-order valence-electron chi connectivity index (χ2n) is 3.83. The first-order valence-corrected chi connectivity index (χ1v) is 5.58. The molecule has 0 aliphatic heterocycles. The smallest absolute Gasteiger partial charge is 0.338 e. The molecule has 0 fully saturated rings. The third kappa shape index (κ3) is 3.54. The Morgan fingerprint density at radius 1 is 1.31 bits per heavy atom. The number of esters is 1. The van der Waals surface area contributed by atoms with Gasteiger partial charge in [-0.15, -0.1) is 0 Å². The summed E-state index contributed by atoms with van der Waals surface area (Å²) in [5, 5.41) is 0. The highest BCUT2D eigenvalue weighted by atomic mass is 16.5. The van der Waals surface area contributed by atoms with Crippen molar-refractivity contribution in [3.63, 3.8) is 0 Å². The third-order valence-corrected chi connectivity index (χ3v) is 2.38. The molecule has 0 bridgehead atoms. The molecule has 1 rings (SSSR count). The quantitative estimate of drug-likeness (QED) is 0.430. The number of hydrogen-bond acceptors (Lipinski definition) is 2. The zero-order valence-corrected chi connectivity index (χ0v) is 9.95. The van der Waals surface area contributed by atoms with Crippen LogP contribution in [0, 0.1) is 6.92 Å². The van der Waals surface area contributed by atoms with E-state index < -0.39 is 0 Å². The van der Waals surface area contributed by atoms with Gasteiger partial charge in [0, 0.05) is 0 Å². The minimum Gasteiger partial charge on any atom is -0.462 e.